The molecule has 0 amide bonds. The van der Waals surface area contributed by atoms with Gasteiger partial charge >= 0.3 is 0 Å². The predicted molar refractivity (Wildman–Crippen MR) is 100 cm³/mol. The predicted octanol–water partition coefficient (Wildman–Crippen LogP) is 4.55. The van der Waals surface area contributed by atoms with Crippen molar-refractivity contribution in [2.75, 3.05) is 5.32 Å². The van der Waals surface area contributed by atoms with E-state index >= 15 is 0 Å². The van der Waals surface area contributed by atoms with Crippen LogP contribution in [0.5, 0.6) is 0 Å². The van der Waals surface area contributed by atoms with Crippen LogP contribution >= 0.6 is 12.2 Å². The van der Waals surface area contributed by atoms with E-state index in [1.807, 2.05) is 12.1 Å². The number of hydrogen-bond acceptors (Lipinski definition) is 2. The first-order chi connectivity index (χ1) is 10.9. The molecule has 2 rings (SSSR count). The van der Waals surface area contributed by atoms with Gasteiger partial charge < -0.3 is 10.6 Å². The minimum absolute atomic E-state index is 0.0561. The van der Waals surface area contributed by atoms with Crippen LogP contribution < -0.4 is 10.6 Å². The van der Waals surface area contributed by atoms with E-state index in [1.165, 1.54) is 16.7 Å². The minimum atomic E-state index is 0.0561. The number of carbonyl (C=O) groups excluding carboxylic acids is 1. The van der Waals surface area contributed by atoms with Gasteiger partial charge in [0.25, 0.3) is 0 Å². The standard InChI is InChI=1S/C19H22N2OS/c1-12-5-6-17(11-13(12)2)14(3)20-19(23)21-18-9-7-16(8-10-18)15(4)22/h5-11,14H,1-4H3,(H2,20,21,23). The van der Waals surface area contributed by atoms with Crippen LogP contribution in [0.4, 0.5) is 5.69 Å². The monoisotopic (exact) mass is 326 g/mol. The van der Waals surface area contributed by atoms with Crippen molar-refractivity contribution < 1.29 is 4.79 Å². The van der Waals surface area contributed by atoms with Crippen molar-refractivity contribution >= 4 is 28.8 Å². The first-order valence-corrected chi connectivity index (χ1v) is 8.03. The number of aryl methyl sites for hydroxylation is 2. The smallest absolute Gasteiger partial charge is 0.171 e. The molecule has 1 atom stereocenters. The molecule has 0 bridgehead atoms. The van der Waals surface area contributed by atoms with Crippen LogP contribution in [0.25, 0.3) is 0 Å². The van der Waals surface area contributed by atoms with Gasteiger partial charge in [0.2, 0.25) is 0 Å². The molecule has 0 heterocycles. The van der Waals surface area contributed by atoms with Gasteiger partial charge in [0, 0.05) is 11.3 Å². The molecule has 0 saturated heterocycles. The van der Waals surface area contributed by atoms with Crippen molar-refractivity contribution in [1.82, 2.24) is 5.32 Å². The fraction of sp³-hybridized carbons (Fsp3) is 0.263. The Morgan fingerprint density at radius 2 is 1.70 bits per heavy atom. The third-order valence-electron chi connectivity index (χ3n) is 3.93. The number of carbonyl (C=O) groups is 1. The zero-order valence-electron chi connectivity index (χ0n) is 13.9. The Hall–Kier alpha value is -2.20. The average Bonchev–Trinajstić information content (AvgIpc) is 2.50. The Balaban J connectivity index is 1.98. The lowest BCUT2D eigenvalue weighted by atomic mass is 10.0. The van der Waals surface area contributed by atoms with E-state index in [0.29, 0.717) is 10.7 Å². The van der Waals surface area contributed by atoms with Gasteiger partial charge in [-0.2, -0.15) is 0 Å². The first kappa shape index (κ1) is 17.2. The molecule has 2 aromatic rings. The SMILES string of the molecule is CC(=O)c1ccc(NC(=S)NC(C)c2ccc(C)c(C)c2)cc1. The summed E-state index contributed by atoms with van der Waals surface area (Å²) in [6.07, 6.45) is 0. The fourth-order valence-electron chi connectivity index (χ4n) is 2.27. The van der Waals surface area contributed by atoms with E-state index in [2.05, 4.69) is 49.6 Å². The Morgan fingerprint density at radius 1 is 1.04 bits per heavy atom. The third kappa shape index (κ3) is 4.63. The molecule has 1 unspecified atom stereocenters. The van der Waals surface area contributed by atoms with Crippen LogP contribution in [0.2, 0.25) is 0 Å². The summed E-state index contributed by atoms with van der Waals surface area (Å²) in [6.45, 7) is 7.85. The van der Waals surface area contributed by atoms with Crippen LogP contribution in [0.1, 0.15) is 46.9 Å². The maximum Gasteiger partial charge on any atom is 0.171 e. The molecule has 0 aliphatic carbocycles. The highest BCUT2D eigenvalue weighted by Crippen LogP contribution is 2.17. The normalized spacial score (nSPS) is 11.7. The highest BCUT2D eigenvalue weighted by atomic mass is 32.1. The van der Waals surface area contributed by atoms with Crippen molar-refractivity contribution in [2.45, 2.75) is 33.7 Å². The first-order valence-electron chi connectivity index (χ1n) is 7.62. The number of anilines is 1. The highest BCUT2D eigenvalue weighted by molar-refractivity contribution is 7.80. The largest absolute Gasteiger partial charge is 0.356 e. The van der Waals surface area contributed by atoms with Gasteiger partial charge in [-0.15, -0.1) is 0 Å². The molecular weight excluding hydrogens is 304 g/mol. The fourth-order valence-corrected chi connectivity index (χ4v) is 2.56. The van der Waals surface area contributed by atoms with Crippen LogP contribution in [0.3, 0.4) is 0 Å². The molecule has 0 fully saturated rings. The van der Waals surface area contributed by atoms with Gasteiger partial charge in [-0.25, -0.2) is 0 Å². The zero-order valence-corrected chi connectivity index (χ0v) is 14.8. The zero-order chi connectivity index (χ0) is 17.0. The number of hydrogen-bond donors (Lipinski definition) is 2. The minimum Gasteiger partial charge on any atom is -0.356 e. The molecule has 0 saturated carbocycles. The summed E-state index contributed by atoms with van der Waals surface area (Å²) in [7, 11) is 0. The van der Waals surface area contributed by atoms with E-state index in [9.17, 15) is 4.79 Å². The molecule has 0 aromatic heterocycles. The van der Waals surface area contributed by atoms with Gasteiger partial charge in [0.15, 0.2) is 10.9 Å². The second kappa shape index (κ2) is 7.38. The number of rotatable bonds is 4. The molecule has 0 radical (unpaired) electrons. The number of Topliss-reactive ketones (excluding diaryl/α,β-unsaturated/α-hetero) is 1. The van der Waals surface area contributed by atoms with E-state index in [1.54, 1.807) is 19.1 Å². The summed E-state index contributed by atoms with van der Waals surface area (Å²) in [5.74, 6) is 0.0561. The van der Waals surface area contributed by atoms with E-state index < -0.39 is 0 Å². The molecule has 0 aliphatic rings. The van der Waals surface area contributed by atoms with Gasteiger partial charge in [-0.05, 0) is 80.9 Å². The van der Waals surface area contributed by atoms with Gasteiger partial charge in [-0.1, -0.05) is 18.2 Å². The van der Waals surface area contributed by atoms with Crippen LogP contribution in [0, 0.1) is 13.8 Å². The van der Waals surface area contributed by atoms with Crippen molar-refractivity contribution in [2.24, 2.45) is 0 Å². The van der Waals surface area contributed by atoms with E-state index in [0.717, 1.165) is 5.69 Å². The summed E-state index contributed by atoms with van der Waals surface area (Å²) in [5, 5.41) is 6.99. The molecule has 3 nitrogen and oxygen atoms in total. The van der Waals surface area contributed by atoms with Crippen molar-refractivity contribution in [1.29, 1.82) is 0 Å². The molecular formula is C19H22N2OS. The van der Waals surface area contributed by atoms with E-state index in [4.69, 9.17) is 12.2 Å². The second-order valence-electron chi connectivity index (χ2n) is 5.80. The van der Waals surface area contributed by atoms with Crippen molar-refractivity contribution in [3.8, 4) is 0 Å². The van der Waals surface area contributed by atoms with Crippen LogP contribution in [-0.2, 0) is 0 Å². The van der Waals surface area contributed by atoms with Crippen LogP contribution in [0.15, 0.2) is 42.5 Å². The molecule has 23 heavy (non-hydrogen) atoms. The molecule has 0 spiro atoms. The lowest BCUT2D eigenvalue weighted by Crippen LogP contribution is -2.30. The molecule has 2 aromatic carbocycles. The summed E-state index contributed by atoms with van der Waals surface area (Å²) in [5.41, 5.74) is 5.31. The summed E-state index contributed by atoms with van der Waals surface area (Å²) in [4.78, 5) is 11.3. The van der Waals surface area contributed by atoms with Crippen LogP contribution in [-0.4, -0.2) is 10.9 Å². The Morgan fingerprint density at radius 3 is 2.26 bits per heavy atom. The number of nitrogens with one attached hydrogen (secondary N) is 2. The topological polar surface area (TPSA) is 41.1 Å². The second-order valence-corrected chi connectivity index (χ2v) is 6.21. The lowest BCUT2D eigenvalue weighted by molar-refractivity contribution is 0.101. The summed E-state index contributed by atoms with van der Waals surface area (Å²) in [6, 6.07) is 13.8. The van der Waals surface area contributed by atoms with Gasteiger partial charge in [-0.3, -0.25) is 4.79 Å². The molecule has 4 heteroatoms. The summed E-state index contributed by atoms with van der Waals surface area (Å²) < 4.78 is 0. The Bertz CT molecular complexity index is 723. The maximum atomic E-state index is 11.3. The third-order valence-corrected chi connectivity index (χ3v) is 4.15. The Labute approximate surface area is 143 Å². The average molecular weight is 326 g/mol. The number of benzene rings is 2. The van der Waals surface area contributed by atoms with Gasteiger partial charge in [0.1, 0.15) is 0 Å². The van der Waals surface area contributed by atoms with Crippen molar-refractivity contribution in [3.05, 3.63) is 64.7 Å². The molecule has 0 aliphatic heterocycles. The molecule has 2 N–H and O–H groups in total. The Kier molecular flexibility index (Phi) is 5.50. The number of ketones is 1. The quantitative estimate of drug-likeness (QED) is 0.639. The highest BCUT2D eigenvalue weighted by Gasteiger charge is 2.08. The van der Waals surface area contributed by atoms with E-state index in [-0.39, 0.29) is 11.8 Å². The maximum absolute atomic E-state index is 11.3. The molecule has 120 valence electrons. The van der Waals surface area contributed by atoms with Crippen molar-refractivity contribution in [3.63, 3.8) is 0 Å². The van der Waals surface area contributed by atoms with Gasteiger partial charge in [0.05, 0.1) is 6.04 Å². The summed E-state index contributed by atoms with van der Waals surface area (Å²) >= 11 is 5.37. The number of thiocarbonyl (C=S) groups is 1. The lowest BCUT2D eigenvalue weighted by Gasteiger charge is -2.18.